The van der Waals surface area contributed by atoms with Crippen molar-refractivity contribution in [3.8, 4) is 11.1 Å². The zero-order valence-corrected chi connectivity index (χ0v) is 30.0. The van der Waals surface area contributed by atoms with Crippen molar-refractivity contribution in [3.63, 3.8) is 0 Å². The Hall–Kier alpha value is -4.85. The van der Waals surface area contributed by atoms with Gasteiger partial charge >= 0.3 is 0 Å². The molecule has 1 fully saturated rings. The summed E-state index contributed by atoms with van der Waals surface area (Å²) in [6.07, 6.45) is 12.4. The molecule has 5 rings (SSSR count). The molecular formula is C42H55FN6. The van der Waals surface area contributed by atoms with Crippen molar-refractivity contribution in [3.05, 3.63) is 145 Å². The number of nitrogens with zero attached hydrogens (tertiary/aromatic N) is 2. The van der Waals surface area contributed by atoms with Crippen LogP contribution in [0.25, 0.3) is 27.6 Å². The van der Waals surface area contributed by atoms with Crippen LogP contribution in [0.3, 0.4) is 0 Å². The molecule has 1 saturated heterocycles. The van der Waals surface area contributed by atoms with Crippen LogP contribution in [0.5, 0.6) is 0 Å². The van der Waals surface area contributed by atoms with E-state index in [1.807, 2.05) is 76.6 Å². The normalized spacial score (nSPS) is 13.0. The summed E-state index contributed by atoms with van der Waals surface area (Å²) in [4.78, 5) is 10.3. The first-order valence-electron chi connectivity index (χ1n) is 17.0. The van der Waals surface area contributed by atoms with Gasteiger partial charge in [0, 0.05) is 41.1 Å². The zero-order chi connectivity index (χ0) is 36.3. The molecule has 1 aliphatic rings. The van der Waals surface area contributed by atoms with Crippen molar-refractivity contribution in [2.75, 3.05) is 26.7 Å². The number of nitrogens with two attached hydrogens (primary N) is 1. The number of benzene rings is 2. The Morgan fingerprint density at radius 3 is 2.43 bits per heavy atom. The number of pyridine rings is 1. The Bertz CT molecular complexity index is 1720. The van der Waals surface area contributed by atoms with Crippen molar-refractivity contribution in [1.82, 2.24) is 20.2 Å². The molecule has 0 atom stereocenters. The van der Waals surface area contributed by atoms with Crippen LogP contribution in [0.4, 0.5) is 4.39 Å². The van der Waals surface area contributed by atoms with Gasteiger partial charge in [-0.25, -0.2) is 4.39 Å². The largest absolute Gasteiger partial charge is 0.398 e. The van der Waals surface area contributed by atoms with Crippen LogP contribution in [0.15, 0.2) is 117 Å². The fourth-order valence-electron chi connectivity index (χ4n) is 5.73. The molecule has 2 aromatic heterocycles. The van der Waals surface area contributed by atoms with Gasteiger partial charge in [-0.3, -0.25) is 10.4 Å². The highest BCUT2D eigenvalue weighted by Gasteiger charge is 2.15. The summed E-state index contributed by atoms with van der Waals surface area (Å²) in [5.41, 5.74) is 14.8. The van der Waals surface area contributed by atoms with Gasteiger partial charge in [-0.2, -0.15) is 0 Å². The second kappa shape index (κ2) is 21.2. The van der Waals surface area contributed by atoms with E-state index in [2.05, 4.69) is 59.1 Å². The molecule has 0 aliphatic carbocycles. The van der Waals surface area contributed by atoms with E-state index in [-0.39, 0.29) is 11.5 Å². The summed E-state index contributed by atoms with van der Waals surface area (Å²) in [6.45, 7) is 26.3. The van der Waals surface area contributed by atoms with E-state index in [0.29, 0.717) is 23.5 Å². The molecule has 2 aromatic carbocycles. The van der Waals surface area contributed by atoms with Crippen LogP contribution in [0.2, 0.25) is 0 Å². The Labute approximate surface area is 293 Å². The number of aryl methyl sites for hydroxylation is 1. The van der Waals surface area contributed by atoms with Gasteiger partial charge in [-0.15, -0.1) is 26.3 Å². The van der Waals surface area contributed by atoms with Crippen LogP contribution in [0, 0.1) is 11.2 Å². The molecule has 0 amide bonds. The van der Waals surface area contributed by atoms with Crippen LogP contribution in [-0.2, 0) is 13.0 Å². The maximum Gasteiger partial charge on any atom is 0.124 e. The fourth-order valence-corrected chi connectivity index (χ4v) is 5.73. The van der Waals surface area contributed by atoms with E-state index >= 15 is 0 Å². The van der Waals surface area contributed by atoms with Gasteiger partial charge in [0.1, 0.15) is 5.82 Å². The van der Waals surface area contributed by atoms with Gasteiger partial charge in [-0.05, 0) is 135 Å². The first kappa shape index (κ1) is 40.3. The number of fused-ring (bicyclic) bond motifs is 1. The minimum Gasteiger partial charge on any atom is -0.398 e. The first-order valence-corrected chi connectivity index (χ1v) is 17.0. The summed E-state index contributed by atoms with van der Waals surface area (Å²) < 4.78 is 14.4. The Morgan fingerprint density at radius 2 is 1.73 bits per heavy atom. The molecule has 0 unspecified atom stereocenters. The summed E-state index contributed by atoms with van der Waals surface area (Å²) >= 11 is 0. The highest BCUT2D eigenvalue weighted by molar-refractivity contribution is 6.14. The second-order valence-corrected chi connectivity index (χ2v) is 11.4. The Kier molecular flexibility index (Phi) is 17.4. The van der Waals surface area contributed by atoms with E-state index in [0.717, 1.165) is 58.1 Å². The third-order valence-corrected chi connectivity index (χ3v) is 8.13. The molecule has 3 heterocycles. The number of aromatic amines is 1. The Morgan fingerprint density at radius 1 is 1.02 bits per heavy atom. The van der Waals surface area contributed by atoms with Crippen molar-refractivity contribution in [2.45, 2.75) is 53.0 Å². The number of hydrogen-bond donors (Lipinski definition) is 4. The van der Waals surface area contributed by atoms with Crippen molar-refractivity contribution >= 4 is 22.2 Å². The molecule has 0 radical (unpaired) electrons. The molecule has 6 nitrogen and oxygen atoms in total. The van der Waals surface area contributed by atoms with Crippen LogP contribution >= 0.6 is 0 Å². The number of H-pyrrole nitrogens is 1. The second-order valence-electron chi connectivity index (χ2n) is 11.4. The molecule has 0 saturated carbocycles. The average molecular weight is 663 g/mol. The summed E-state index contributed by atoms with van der Waals surface area (Å²) in [6, 6.07) is 15.0. The van der Waals surface area contributed by atoms with E-state index < -0.39 is 0 Å². The standard InChI is InChI=1S/C36H41FN6.C2H6.2C2H4/c1-24(29-16-26(22-41-23-29)8-7-15-43-13-4-5-14-43)11-12-33(38)25(2)36(39)35-20-32-31(9-6-10-34(32)42-35)28-17-27(21-40-3)18-30(37)19-28;3*1-2/h6,9-12,16-20,22-23,39-40,42H,2,4-5,7-8,13-15,21,38H2,1,3H3;1-2H3;2*1-2H2/b24-11+,33-12+,39-36?;;;. The molecule has 4 aromatic rings. The van der Waals surface area contributed by atoms with Crippen LogP contribution < -0.4 is 11.1 Å². The maximum absolute atomic E-state index is 14.4. The number of hydrogen-bond acceptors (Lipinski definition) is 5. The van der Waals surface area contributed by atoms with Crippen LogP contribution in [-0.4, -0.2) is 47.3 Å². The Balaban J connectivity index is 0.00000132. The third-order valence-electron chi connectivity index (χ3n) is 8.13. The van der Waals surface area contributed by atoms with E-state index in [9.17, 15) is 4.39 Å². The lowest BCUT2D eigenvalue weighted by atomic mass is 9.99. The van der Waals surface area contributed by atoms with Gasteiger partial charge in [0.05, 0.1) is 11.4 Å². The van der Waals surface area contributed by atoms with Gasteiger partial charge in [0.15, 0.2) is 0 Å². The number of likely N-dealkylation sites (tertiary alicyclic amines) is 1. The summed E-state index contributed by atoms with van der Waals surface area (Å²) in [5, 5.41) is 12.8. The van der Waals surface area contributed by atoms with E-state index in [1.165, 1.54) is 37.6 Å². The molecule has 7 heteroatoms. The number of nitrogens with one attached hydrogen (secondary N) is 3. The maximum atomic E-state index is 14.4. The van der Waals surface area contributed by atoms with Gasteiger partial charge in [0.2, 0.25) is 0 Å². The lowest BCUT2D eigenvalue weighted by Crippen LogP contribution is -2.20. The average Bonchev–Trinajstić information content (AvgIpc) is 3.83. The topological polar surface area (TPSA) is 93.8 Å². The monoisotopic (exact) mass is 662 g/mol. The lowest BCUT2D eigenvalue weighted by Gasteiger charge is -2.14. The van der Waals surface area contributed by atoms with Crippen molar-refractivity contribution in [1.29, 1.82) is 5.41 Å². The van der Waals surface area contributed by atoms with E-state index in [1.54, 1.807) is 12.1 Å². The summed E-state index contributed by atoms with van der Waals surface area (Å²) in [5.74, 6) is -0.280. The van der Waals surface area contributed by atoms with Gasteiger partial charge in [-0.1, -0.05) is 38.6 Å². The number of rotatable bonds is 12. The number of aromatic nitrogens is 2. The first-order chi connectivity index (χ1) is 23.8. The minimum absolute atomic E-state index is 0.207. The predicted octanol–water partition coefficient (Wildman–Crippen LogP) is 9.62. The van der Waals surface area contributed by atoms with Crippen molar-refractivity contribution < 1.29 is 4.39 Å². The number of halogens is 1. The molecule has 0 bridgehead atoms. The quantitative estimate of drug-likeness (QED) is 0.0691. The molecular weight excluding hydrogens is 608 g/mol. The molecule has 1 aliphatic heterocycles. The summed E-state index contributed by atoms with van der Waals surface area (Å²) in [7, 11) is 1.84. The molecule has 5 N–H and O–H groups in total. The number of allylic oxidation sites excluding steroid dienone is 4. The molecule has 260 valence electrons. The minimum atomic E-state index is -0.280. The van der Waals surface area contributed by atoms with E-state index in [4.69, 9.17) is 11.1 Å². The van der Waals surface area contributed by atoms with Gasteiger partial charge < -0.3 is 20.9 Å². The van der Waals surface area contributed by atoms with Crippen LogP contribution in [0.1, 0.15) is 62.4 Å². The highest BCUT2D eigenvalue weighted by atomic mass is 19.1. The predicted molar refractivity (Wildman–Crippen MR) is 210 cm³/mol. The lowest BCUT2D eigenvalue weighted by molar-refractivity contribution is 0.334. The van der Waals surface area contributed by atoms with Gasteiger partial charge in [0.25, 0.3) is 0 Å². The SMILES string of the molecule is C=C.C=C.C=C(C(=N)c1cc2c(-c3cc(F)cc(CNC)c3)cccc2[nH]1)/C(N)=C\C=C(/C)c1cncc(CCCN2CCCC2)c1.CC. The fraction of sp³-hybridized carbons (Fsp3) is 0.286. The molecule has 0 spiro atoms. The third kappa shape index (κ3) is 11.4. The van der Waals surface area contributed by atoms with Crippen molar-refractivity contribution in [2.24, 2.45) is 5.73 Å². The molecule has 49 heavy (non-hydrogen) atoms. The zero-order valence-electron chi connectivity index (χ0n) is 30.0. The highest BCUT2D eigenvalue weighted by Crippen LogP contribution is 2.31. The smallest absolute Gasteiger partial charge is 0.124 e.